The maximum atomic E-state index is 13.0. The van der Waals surface area contributed by atoms with E-state index in [0.29, 0.717) is 23.7 Å². The minimum absolute atomic E-state index is 0. The van der Waals surface area contributed by atoms with E-state index in [1.165, 1.54) is 19.3 Å². The molecule has 3 rings (SSSR count). The number of hydrogen-bond donors (Lipinski definition) is 2. The SMILES string of the molecule is CN(C(=O)c1ccccc1NC(=O)CC1CSCCN1)C1CCCCC1.Cl. The van der Waals surface area contributed by atoms with Crippen LogP contribution in [-0.2, 0) is 4.79 Å². The lowest BCUT2D eigenvalue weighted by Gasteiger charge is -2.31. The molecule has 0 radical (unpaired) electrons. The zero-order chi connectivity index (χ0) is 18.4. The van der Waals surface area contributed by atoms with Gasteiger partial charge < -0.3 is 15.5 Å². The molecule has 1 aromatic carbocycles. The van der Waals surface area contributed by atoms with E-state index >= 15 is 0 Å². The van der Waals surface area contributed by atoms with Crippen LogP contribution >= 0.6 is 24.2 Å². The molecule has 1 unspecified atom stereocenters. The van der Waals surface area contributed by atoms with E-state index in [-0.39, 0.29) is 30.3 Å². The molecule has 0 aromatic heterocycles. The number of thioether (sulfide) groups is 1. The molecule has 2 amide bonds. The summed E-state index contributed by atoms with van der Waals surface area (Å²) in [6.07, 6.45) is 6.22. The normalized spacial score (nSPS) is 20.4. The third-order valence-corrected chi connectivity index (χ3v) is 6.44. The topological polar surface area (TPSA) is 61.4 Å². The van der Waals surface area contributed by atoms with Crippen LogP contribution in [0.1, 0.15) is 48.9 Å². The monoisotopic (exact) mass is 411 g/mol. The molecule has 0 bridgehead atoms. The predicted molar refractivity (Wildman–Crippen MR) is 115 cm³/mol. The van der Waals surface area contributed by atoms with Crippen molar-refractivity contribution in [2.45, 2.75) is 50.6 Å². The quantitative estimate of drug-likeness (QED) is 0.777. The molecule has 1 aromatic rings. The first-order chi connectivity index (χ1) is 12.6. The molecule has 27 heavy (non-hydrogen) atoms. The van der Waals surface area contributed by atoms with Crippen LogP contribution in [0, 0.1) is 0 Å². The highest BCUT2D eigenvalue weighted by molar-refractivity contribution is 7.99. The number of benzene rings is 1. The number of anilines is 1. The Kier molecular flexibility index (Phi) is 8.93. The number of amides is 2. The number of carbonyl (C=O) groups excluding carboxylic acids is 2. The largest absolute Gasteiger partial charge is 0.339 e. The first-order valence-electron chi connectivity index (χ1n) is 9.62. The van der Waals surface area contributed by atoms with Gasteiger partial charge in [-0.1, -0.05) is 31.4 Å². The summed E-state index contributed by atoms with van der Waals surface area (Å²) in [5.74, 6) is 2.02. The van der Waals surface area contributed by atoms with Gasteiger partial charge in [-0.3, -0.25) is 9.59 Å². The van der Waals surface area contributed by atoms with Crippen molar-refractivity contribution in [3.8, 4) is 0 Å². The number of rotatable bonds is 5. The number of hydrogen-bond acceptors (Lipinski definition) is 4. The lowest BCUT2D eigenvalue weighted by Crippen LogP contribution is -2.40. The summed E-state index contributed by atoms with van der Waals surface area (Å²) >= 11 is 1.88. The molecule has 1 aliphatic heterocycles. The van der Waals surface area contributed by atoms with E-state index in [4.69, 9.17) is 0 Å². The fraction of sp³-hybridized carbons (Fsp3) is 0.600. The highest BCUT2D eigenvalue weighted by atomic mass is 35.5. The van der Waals surface area contributed by atoms with E-state index < -0.39 is 0 Å². The third-order valence-electron chi connectivity index (χ3n) is 5.30. The van der Waals surface area contributed by atoms with Gasteiger partial charge in [0.15, 0.2) is 0 Å². The fourth-order valence-electron chi connectivity index (χ4n) is 3.78. The van der Waals surface area contributed by atoms with Crippen molar-refractivity contribution in [1.82, 2.24) is 10.2 Å². The zero-order valence-electron chi connectivity index (χ0n) is 15.9. The molecule has 1 saturated carbocycles. The third kappa shape index (κ3) is 6.13. The number of nitrogens with zero attached hydrogens (tertiary/aromatic N) is 1. The number of halogens is 1. The standard InChI is InChI=1S/C20H29N3O2S.ClH/c1-23(16-7-3-2-4-8-16)20(25)17-9-5-6-10-18(17)22-19(24)13-15-14-26-12-11-21-15;/h5-6,9-10,15-16,21H,2-4,7-8,11-14H2,1H3,(H,22,24);1H. The van der Waals surface area contributed by atoms with Crippen LogP contribution in [0.4, 0.5) is 5.69 Å². The van der Waals surface area contributed by atoms with Crippen LogP contribution in [-0.4, -0.2) is 53.9 Å². The Morgan fingerprint density at radius 2 is 1.96 bits per heavy atom. The summed E-state index contributed by atoms with van der Waals surface area (Å²) in [5, 5.41) is 6.34. The van der Waals surface area contributed by atoms with Crippen LogP contribution in [0.15, 0.2) is 24.3 Å². The maximum Gasteiger partial charge on any atom is 0.255 e. The van der Waals surface area contributed by atoms with Gasteiger partial charge in [0.25, 0.3) is 5.91 Å². The van der Waals surface area contributed by atoms with E-state index in [1.54, 1.807) is 0 Å². The molecular weight excluding hydrogens is 382 g/mol. The summed E-state index contributed by atoms with van der Waals surface area (Å²) in [5.41, 5.74) is 1.20. The molecular formula is C20H30ClN3O2S. The number of nitrogens with one attached hydrogen (secondary N) is 2. The van der Waals surface area contributed by atoms with Gasteiger partial charge >= 0.3 is 0 Å². The molecule has 7 heteroatoms. The highest BCUT2D eigenvalue weighted by Crippen LogP contribution is 2.25. The Hall–Kier alpha value is -1.24. The van der Waals surface area contributed by atoms with Crippen LogP contribution in [0.25, 0.3) is 0 Å². The van der Waals surface area contributed by atoms with Crippen molar-refractivity contribution >= 4 is 41.7 Å². The minimum atomic E-state index is -0.0365. The van der Waals surface area contributed by atoms with E-state index in [9.17, 15) is 9.59 Å². The zero-order valence-corrected chi connectivity index (χ0v) is 17.5. The van der Waals surface area contributed by atoms with Crippen LogP contribution in [0.3, 0.4) is 0 Å². The van der Waals surface area contributed by atoms with Gasteiger partial charge in [0.05, 0.1) is 11.3 Å². The average molecular weight is 412 g/mol. The molecule has 2 N–H and O–H groups in total. The van der Waals surface area contributed by atoms with Gasteiger partial charge in [0.1, 0.15) is 0 Å². The molecule has 1 atom stereocenters. The predicted octanol–water partition coefficient (Wildman–Crippen LogP) is 3.55. The van der Waals surface area contributed by atoms with E-state index in [0.717, 1.165) is 30.9 Å². The Morgan fingerprint density at radius 1 is 1.22 bits per heavy atom. The maximum absolute atomic E-state index is 13.0. The Morgan fingerprint density at radius 3 is 2.67 bits per heavy atom. The molecule has 1 heterocycles. The highest BCUT2D eigenvalue weighted by Gasteiger charge is 2.25. The van der Waals surface area contributed by atoms with Crippen molar-refractivity contribution in [1.29, 1.82) is 0 Å². The minimum Gasteiger partial charge on any atom is -0.339 e. The summed E-state index contributed by atoms with van der Waals surface area (Å²) in [6.45, 7) is 0.948. The fourth-order valence-corrected chi connectivity index (χ4v) is 4.73. The molecule has 2 aliphatic rings. The van der Waals surface area contributed by atoms with E-state index in [1.807, 2.05) is 48.0 Å². The second kappa shape index (κ2) is 10.9. The van der Waals surface area contributed by atoms with Crippen molar-refractivity contribution in [2.24, 2.45) is 0 Å². The second-order valence-electron chi connectivity index (χ2n) is 7.23. The van der Waals surface area contributed by atoms with Gasteiger partial charge in [-0.25, -0.2) is 0 Å². The van der Waals surface area contributed by atoms with Crippen LogP contribution in [0.2, 0.25) is 0 Å². The Labute approximate surface area is 172 Å². The summed E-state index contributed by atoms with van der Waals surface area (Å²) in [4.78, 5) is 27.3. The Balaban J connectivity index is 0.00000261. The second-order valence-corrected chi connectivity index (χ2v) is 8.38. The van der Waals surface area contributed by atoms with Crippen molar-refractivity contribution in [2.75, 3.05) is 30.4 Å². The van der Waals surface area contributed by atoms with Gasteiger partial charge in [-0.05, 0) is 25.0 Å². The Bertz CT molecular complexity index is 631. The first kappa shape index (κ1) is 22.1. The summed E-state index contributed by atoms with van der Waals surface area (Å²) < 4.78 is 0. The molecule has 1 saturated heterocycles. The van der Waals surface area contributed by atoms with Gasteiger partial charge in [-0.15, -0.1) is 12.4 Å². The average Bonchev–Trinajstić information content (AvgIpc) is 2.68. The molecule has 2 fully saturated rings. The van der Waals surface area contributed by atoms with E-state index in [2.05, 4.69) is 10.6 Å². The molecule has 1 aliphatic carbocycles. The lowest BCUT2D eigenvalue weighted by molar-refractivity contribution is -0.116. The molecule has 0 spiro atoms. The van der Waals surface area contributed by atoms with Gasteiger partial charge in [0, 0.05) is 43.6 Å². The van der Waals surface area contributed by atoms with Crippen molar-refractivity contribution in [3.05, 3.63) is 29.8 Å². The molecule has 5 nitrogen and oxygen atoms in total. The van der Waals surface area contributed by atoms with Crippen LogP contribution < -0.4 is 10.6 Å². The van der Waals surface area contributed by atoms with Gasteiger partial charge in [-0.2, -0.15) is 11.8 Å². The van der Waals surface area contributed by atoms with Crippen molar-refractivity contribution < 1.29 is 9.59 Å². The van der Waals surface area contributed by atoms with Gasteiger partial charge in [0.2, 0.25) is 5.91 Å². The first-order valence-corrected chi connectivity index (χ1v) is 10.8. The lowest BCUT2D eigenvalue weighted by atomic mass is 9.94. The van der Waals surface area contributed by atoms with Crippen LogP contribution in [0.5, 0.6) is 0 Å². The summed E-state index contributed by atoms with van der Waals surface area (Å²) in [6, 6.07) is 7.87. The number of para-hydroxylation sites is 1. The summed E-state index contributed by atoms with van der Waals surface area (Å²) in [7, 11) is 1.89. The smallest absolute Gasteiger partial charge is 0.255 e. The molecule has 150 valence electrons. The number of carbonyl (C=O) groups is 2. The van der Waals surface area contributed by atoms with Crippen molar-refractivity contribution in [3.63, 3.8) is 0 Å².